The number of likely N-dealkylation sites (tertiary alicyclic amines) is 1. The third-order valence-corrected chi connectivity index (χ3v) is 10.6. The van der Waals surface area contributed by atoms with E-state index in [2.05, 4.69) is 20.8 Å². The Bertz CT molecular complexity index is 614. The number of amides is 2. The van der Waals surface area contributed by atoms with Gasteiger partial charge in [-0.05, 0) is 35.0 Å². The SMILES string of the molecule is CC[Si](CC)(CC)OC1C(=O)N(C(=O)OCC(C)(C)C)C1c1cccs1. The van der Waals surface area contributed by atoms with Crippen LogP contribution in [0.25, 0.3) is 0 Å². The van der Waals surface area contributed by atoms with Crippen LogP contribution in [0.15, 0.2) is 17.5 Å². The Hall–Kier alpha value is -1.18. The molecule has 2 unspecified atom stereocenters. The van der Waals surface area contributed by atoms with Gasteiger partial charge in [0.05, 0.1) is 6.61 Å². The minimum absolute atomic E-state index is 0.146. The van der Waals surface area contributed by atoms with Crippen LogP contribution in [0.4, 0.5) is 4.79 Å². The van der Waals surface area contributed by atoms with Gasteiger partial charge < -0.3 is 9.16 Å². The summed E-state index contributed by atoms with van der Waals surface area (Å²) in [5.74, 6) is -0.269. The molecule has 7 heteroatoms. The molecule has 1 aromatic rings. The van der Waals surface area contributed by atoms with Crippen molar-refractivity contribution in [2.24, 2.45) is 5.41 Å². The molecule has 1 fully saturated rings. The smallest absolute Gasteiger partial charge is 0.417 e. The minimum atomic E-state index is -1.95. The van der Waals surface area contributed by atoms with Gasteiger partial charge in [-0.3, -0.25) is 4.79 Å². The van der Waals surface area contributed by atoms with E-state index in [-0.39, 0.29) is 24.0 Å². The molecule has 1 aromatic heterocycles. The van der Waals surface area contributed by atoms with Crippen LogP contribution in [0.5, 0.6) is 0 Å². The Kier molecular flexibility index (Phi) is 6.68. The van der Waals surface area contributed by atoms with E-state index >= 15 is 0 Å². The molecule has 0 aromatic carbocycles. The van der Waals surface area contributed by atoms with Crippen molar-refractivity contribution in [3.63, 3.8) is 0 Å². The van der Waals surface area contributed by atoms with Gasteiger partial charge in [-0.2, -0.15) is 0 Å². The van der Waals surface area contributed by atoms with Crippen molar-refractivity contribution in [1.29, 1.82) is 0 Å². The monoisotopic (exact) mass is 397 g/mol. The summed E-state index contributed by atoms with van der Waals surface area (Å²) >= 11 is 1.54. The van der Waals surface area contributed by atoms with E-state index in [0.29, 0.717) is 0 Å². The second-order valence-electron chi connectivity index (χ2n) is 8.07. The topological polar surface area (TPSA) is 55.8 Å². The largest absolute Gasteiger partial charge is 0.449 e. The molecule has 0 radical (unpaired) electrons. The fourth-order valence-electron chi connectivity index (χ4n) is 3.13. The van der Waals surface area contributed by atoms with E-state index < -0.39 is 20.5 Å². The van der Waals surface area contributed by atoms with E-state index in [1.807, 2.05) is 38.3 Å². The number of carbonyl (C=O) groups is 2. The second kappa shape index (κ2) is 8.23. The summed E-state index contributed by atoms with van der Waals surface area (Å²) in [5.41, 5.74) is -0.146. The molecule has 0 aliphatic carbocycles. The number of thiophene rings is 1. The molecule has 26 heavy (non-hydrogen) atoms. The van der Waals surface area contributed by atoms with Crippen LogP contribution in [-0.2, 0) is 14.0 Å². The summed E-state index contributed by atoms with van der Waals surface area (Å²) < 4.78 is 11.8. The standard InChI is InChI=1S/C19H31NO4SSi/c1-7-26(8-2,9-3)24-16-15(14-11-10-12-25-14)20(17(16)21)18(22)23-13-19(4,5)6/h10-12,15-16H,7-9,13H2,1-6H3. The first-order valence-corrected chi connectivity index (χ1v) is 12.8. The lowest BCUT2D eigenvalue weighted by Gasteiger charge is -2.47. The van der Waals surface area contributed by atoms with Gasteiger partial charge in [-0.1, -0.05) is 47.6 Å². The molecule has 1 aliphatic rings. The average Bonchev–Trinajstić information content (AvgIpc) is 3.12. The molecule has 5 nitrogen and oxygen atoms in total. The first kappa shape index (κ1) is 21.1. The molecule has 0 bridgehead atoms. The van der Waals surface area contributed by atoms with Crippen LogP contribution in [-0.4, -0.2) is 37.9 Å². The number of β-lactam (4-membered cyclic amide) rings is 1. The molecule has 0 spiro atoms. The van der Waals surface area contributed by atoms with Crippen molar-refractivity contribution >= 4 is 31.7 Å². The van der Waals surface area contributed by atoms with Crippen LogP contribution in [0.1, 0.15) is 52.5 Å². The van der Waals surface area contributed by atoms with Gasteiger partial charge >= 0.3 is 6.09 Å². The molecule has 0 saturated carbocycles. The van der Waals surface area contributed by atoms with Gasteiger partial charge in [-0.15, -0.1) is 11.3 Å². The van der Waals surface area contributed by atoms with Crippen molar-refractivity contribution in [3.05, 3.63) is 22.4 Å². The maximum atomic E-state index is 12.8. The first-order valence-electron chi connectivity index (χ1n) is 9.39. The van der Waals surface area contributed by atoms with Crippen molar-refractivity contribution in [2.45, 2.75) is 71.8 Å². The molecule has 146 valence electrons. The van der Waals surface area contributed by atoms with Crippen LogP contribution >= 0.6 is 11.3 Å². The Morgan fingerprint density at radius 1 is 1.23 bits per heavy atom. The van der Waals surface area contributed by atoms with Gasteiger partial charge in [0.25, 0.3) is 5.91 Å². The molecule has 0 N–H and O–H groups in total. The lowest BCUT2D eigenvalue weighted by molar-refractivity contribution is -0.160. The minimum Gasteiger partial charge on any atom is -0.449 e. The van der Waals surface area contributed by atoms with Crippen LogP contribution in [0.3, 0.4) is 0 Å². The summed E-state index contributed by atoms with van der Waals surface area (Å²) in [6.07, 6.45) is -1.14. The zero-order valence-electron chi connectivity index (χ0n) is 16.7. The molecule has 2 rings (SSSR count). The lowest BCUT2D eigenvalue weighted by atomic mass is 9.97. The van der Waals surface area contributed by atoms with Crippen molar-refractivity contribution in [2.75, 3.05) is 6.61 Å². The Labute approximate surface area is 161 Å². The highest BCUT2D eigenvalue weighted by atomic mass is 32.1. The zero-order valence-corrected chi connectivity index (χ0v) is 18.5. The Morgan fingerprint density at radius 2 is 1.85 bits per heavy atom. The van der Waals surface area contributed by atoms with Crippen LogP contribution < -0.4 is 0 Å². The maximum absolute atomic E-state index is 12.8. The fourth-order valence-corrected chi connectivity index (χ4v) is 6.74. The van der Waals surface area contributed by atoms with E-state index in [1.54, 1.807) is 0 Å². The molecule has 2 amide bonds. The zero-order chi connectivity index (χ0) is 19.5. The summed E-state index contributed by atoms with van der Waals surface area (Å²) in [5, 5.41) is 1.96. The fraction of sp³-hybridized carbons (Fsp3) is 0.684. The number of hydrogen-bond acceptors (Lipinski definition) is 5. The van der Waals surface area contributed by atoms with Crippen molar-refractivity contribution in [3.8, 4) is 0 Å². The van der Waals surface area contributed by atoms with Gasteiger partial charge in [0.1, 0.15) is 6.04 Å². The van der Waals surface area contributed by atoms with Crippen LogP contribution in [0, 0.1) is 5.41 Å². The van der Waals surface area contributed by atoms with Gasteiger partial charge in [0, 0.05) is 4.88 Å². The summed E-state index contributed by atoms with van der Waals surface area (Å²) in [4.78, 5) is 27.5. The van der Waals surface area contributed by atoms with Crippen molar-refractivity contribution in [1.82, 2.24) is 4.90 Å². The van der Waals surface area contributed by atoms with Crippen molar-refractivity contribution < 1.29 is 18.8 Å². The number of nitrogens with zero attached hydrogens (tertiary/aromatic N) is 1. The molecular formula is C19H31NO4SSi. The molecule has 1 saturated heterocycles. The predicted octanol–water partition coefficient (Wildman–Crippen LogP) is 5.20. The highest BCUT2D eigenvalue weighted by Gasteiger charge is 2.56. The molecule has 1 aliphatic heterocycles. The quantitative estimate of drug-likeness (QED) is 0.468. The van der Waals surface area contributed by atoms with Crippen LogP contribution in [0.2, 0.25) is 18.1 Å². The van der Waals surface area contributed by atoms with Gasteiger partial charge in [0.15, 0.2) is 14.4 Å². The Morgan fingerprint density at radius 3 is 2.31 bits per heavy atom. The molecule has 2 atom stereocenters. The number of ether oxygens (including phenoxy) is 1. The molecule has 2 heterocycles. The van der Waals surface area contributed by atoms with Gasteiger partial charge in [-0.25, -0.2) is 9.69 Å². The maximum Gasteiger partial charge on any atom is 0.417 e. The second-order valence-corrected chi connectivity index (χ2v) is 13.8. The van der Waals surface area contributed by atoms with Gasteiger partial charge in [0.2, 0.25) is 0 Å². The first-order chi connectivity index (χ1) is 12.2. The highest BCUT2D eigenvalue weighted by Crippen LogP contribution is 2.42. The number of imide groups is 1. The lowest BCUT2D eigenvalue weighted by Crippen LogP contribution is -2.64. The molecular weight excluding hydrogens is 366 g/mol. The third kappa shape index (κ3) is 4.38. The number of hydrogen-bond donors (Lipinski definition) is 0. The normalized spacial score (nSPS) is 20.8. The van der Waals surface area contributed by atoms with E-state index in [4.69, 9.17) is 9.16 Å². The number of carbonyl (C=O) groups excluding carboxylic acids is 2. The van der Waals surface area contributed by atoms with E-state index in [0.717, 1.165) is 23.0 Å². The summed E-state index contributed by atoms with van der Waals surface area (Å²) in [7, 11) is -1.95. The predicted molar refractivity (Wildman–Crippen MR) is 107 cm³/mol. The Balaban J connectivity index is 2.21. The third-order valence-electron chi connectivity index (χ3n) is 5.02. The van der Waals surface area contributed by atoms with E-state index in [9.17, 15) is 9.59 Å². The number of rotatable bonds is 7. The summed E-state index contributed by atoms with van der Waals surface area (Å²) in [6, 6.07) is 6.42. The summed E-state index contributed by atoms with van der Waals surface area (Å²) in [6.45, 7) is 12.7. The average molecular weight is 398 g/mol. The highest BCUT2D eigenvalue weighted by molar-refractivity contribution is 7.10. The van der Waals surface area contributed by atoms with E-state index in [1.165, 1.54) is 16.2 Å².